The molecule has 13 nitrogen and oxygen atoms in total. The normalized spacial score (nSPS) is 17.4. The predicted molar refractivity (Wildman–Crippen MR) is 202 cm³/mol. The molecule has 3 aliphatic rings. The SMILES string of the molecule is COc1ccc(CN(c2cc(C3CC3)n(C3CCCCO3)n2)c2nc(N(C)c3c(F)cc(S(C)(=O)=O)cc3F)nc(-c3cn(C)c(CO)n3)c2C2CC2)cc1. The fourth-order valence-corrected chi connectivity index (χ4v) is 7.86. The second-order valence-electron chi connectivity index (χ2n) is 14.7. The third-order valence-corrected chi connectivity index (χ3v) is 11.6. The van der Waals surface area contributed by atoms with Crippen molar-refractivity contribution in [1.82, 2.24) is 29.3 Å². The van der Waals surface area contributed by atoms with Crippen LogP contribution in [0.25, 0.3) is 11.4 Å². The van der Waals surface area contributed by atoms with Gasteiger partial charge in [0, 0.05) is 56.4 Å². The molecule has 1 saturated heterocycles. The van der Waals surface area contributed by atoms with Crippen molar-refractivity contribution in [2.24, 2.45) is 7.05 Å². The fraction of sp³-hybridized carbons (Fsp3) is 0.436. The summed E-state index contributed by atoms with van der Waals surface area (Å²) in [6, 6.07) is 11.4. The second kappa shape index (κ2) is 14.6. The highest BCUT2D eigenvalue weighted by Crippen LogP contribution is 2.51. The number of methoxy groups -OCH3 is 1. The molecular formula is C39H44F2N8O5S. The van der Waals surface area contributed by atoms with E-state index in [0.717, 1.165) is 80.2 Å². The van der Waals surface area contributed by atoms with Crippen molar-refractivity contribution in [3.63, 3.8) is 0 Å². The maximum atomic E-state index is 15.8. The minimum atomic E-state index is -3.90. The number of hydrogen-bond acceptors (Lipinski definition) is 11. The number of rotatable bonds is 13. The smallest absolute Gasteiger partial charge is 0.232 e. The summed E-state index contributed by atoms with van der Waals surface area (Å²) in [7, 11) is 0.929. The second-order valence-corrected chi connectivity index (χ2v) is 16.7. The molecule has 8 rings (SSSR count). The first-order valence-electron chi connectivity index (χ1n) is 18.5. The number of halogens is 2. The van der Waals surface area contributed by atoms with Gasteiger partial charge in [0.05, 0.1) is 18.6 Å². The number of aliphatic hydroxyl groups excluding tert-OH is 1. The maximum Gasteiger partial charge on any atom is 0.232 e. The zero-order valence-electron chi connectivity index (χ0n) is 31.2. The van der Waals surface area contributed by atoms with Crippen molar-refractivity contribution in [1.29, 1.82) is 0 Å². The summed E-state index contributed by atoms with van der Waals surface area (Å²) in [5, 5.41) is 15.3. The highest BCUT2D eigenvalue weighted by Gasteiger charge is 2.38. The van der Waals surface area contributed by atoms with Gasteiger partial charge in [0.1, 0.15) is 41.1 Å². The highest BCUT2D eigenvalue weighted by atomic mass is 32.2. The Bertz CT molecular complexity index is 2310. The van der Waals surface area contributed by atoms with Crippen molar-refractivity contribution < 1.29 is 31.8 Å². The number of benzene rings is 2. The zero-order chi connectivity index (χ0) is 38.6. The molecule has 1 unspecified atom stereocenters. The van der Waals surface area contributed by atoms with E-state index < -0.39 is 32.1 Å². The lowest BCUT2D eigenvalue weighted by atomic mass is 10.1. The van der Waals surface area contributed by atoms with E-state index in [-0.39, 0.29) is 24.7 Å². The Hall–Kier alpha value is -4.93. The third kappa shape index (κ3) is 7.42. The van der Waals surface area contributed by atoms with E-state index in [2.05, 4.69) is 6.07 Å². The van der Waals surface area contributed by atoms with Gasteiger partial charge in [0.25, 0.3) is 0 Å². The van der Waals surface area contributed by atoms with E-state index in [1.807, 2.05) is 33.8 Å². The standard InChI is InChI=1S/C39H44F2N8O5S/c1-46-21-30(42-33(46)22-50)36-35(25-12-13-25)38(44-39(43-36)47(2)37-28(40)17-27(18-29(37)41)55(4,51)52)48(20-23-8-14-26(53-3)15-9-23)32-19-31(24-10-11-24)49(45-32)34-7-5-6-16-54-34/h8-9,14-15,17-19,21,24-25,34,50H,5-7,10-13,16,20,22H2,1-4H3. The number of ether oxygens (including phenoxy) is 2. The molecule has 3 fully saturated rings. The van der Waals surface area contributed by atoms with E-state index in [1.54, 1.807) is 24.9 Å². The van der Waals surface area contributed by atoms with Gasteiger partial charge < -0.3 is 28.9 Å². The topological polar surface area (TPSA) is 141 Å². The van der Waals surface area contributed by atoms with E-state index in [0.29, 0.717) is 53.7 Å². The van der Waals surface area contributed by atoms with Gasteiger partial charge >= 0.3 is 0 Å². The lowest BCUT2D eigenvalue weighted by Gasteiger charge is -2.28. The van der Waals surface area contributed by atoms with Crippen molar-refractivity contribution in [3.05, 3.63) is 82.9 Å². The number of sulfone groups is 1. The molecule has 5 aromatic rings. The summed E-state index contributed by atoms with van der Waals surface area (Å²) in [4.78, 5) is 17.5. The molecule has 4 heterocycles. The van der Waals surface area contributed by atoms with Gasteiger partial charge in [-0.15, -0.1) is 0 Å². The van der Waals surface area contributed by atoms with Crippen LogP contribution in [0.15, 0.2) is 53.6 Å². The molecule has 0 spiro atoms. The maximum absolute atomic E-state index is 15.8. The summed E-state index contributed by atoms with van der Waals surface area (Å²) in [5.41, 5.74) is 3.23. The summed E-state index contributed by atoms with van der Waals surface area (Å²) in [5.74, 6) is 0.433. The summed E-state index contributed by atoms with van der Waals surface area (Å²) in [6.07, 6.45) is 9.19. The number of aromatic nitrogens is 6. The van der Waals surface area contributed by atoms with Gasteiger partial charge in [-0.3, -0.25) is 0 Å². The van der Waals surface area contributed by atoms with E-state index in [1.165, 1.54) is 11.9 Å². The van der Waals surface area contributed by atoms with E-state index >= 15 is 8.78 Å². The van der Waals surface area contributed by atoms with Crippen LogP contribution < -0.4 is 14.5 Å². The molecular weight excluding hydrogens is 731 g/mol. The van der Waals surface area contributed by atoms with Crippen molar-refractivity contribution in [2.75, 3.05) is 36.8 Å². The quantitative estimate of drug-likeness (QED) is 0.135. The number of anilines is 4. The van der Waals surface area contributed by atoms with Gasteiger partial charge in [-0.1, -0.05) is 12.1 Å². The van der Waals surface area contributed by atoms with E-state index in [9.17, 15) is 13.5 Å². The molecule has 1 N–H and O–H groups in total. The number of hydrogen-bond donors (Lipinski definition) is 1. The molecule has 2 saturated carbocycles. The van der Waals surface area contributed by atoms with Crippen LogP contribution in [-0.2, 0) is 34.8 Å². The monoisotopic (exact) mass is 774 g/mol. The Balaban J connectivity index is 1.36. The Labute approximate surface area is 318 Å². The van der Waals surface area contributed by atoms with Crippen molar-refractivity contribution in [3.8, 4) is 17.1 Å². The van der Waals surface area contributed by atoms with Gasteiger partial charge in [-0.25, -0.2) is 31.8 Å². The molecule has 2 aliphatic carbocycles. The highest BCUT2D eigenvalue weighted by molar-refractivity contribution is 7.90. The van der Waals surface area contributed by atoms with Gasteiger partial charge in [-0.05, 0) is 80.7 Å². The minimum Gasteiger partial charge on any atom is -0.497 e. The minimum absolute atomic E-state index is 0.0484. The fourth-order valence-electron chi connectivity index (χ4n) is 7.22. The van der Waals surface area contributed by atoms with Crippen LogP contribution in [0.1, 0.15) is 85.7 Å². The van der Waals surface area contributed by atoms with Gasteiger partial charge in [0.15, 0.2) is 33.5 Å². The number of nitrogens with zero attached hydrogens (tertiary/aromatic N) is 8. The Morgan fingerprint density at radius 1 is 0.982 bits per heavy atom. The largest absolute Gasteiger partial charge is 0.497 e. The molecule has 16 heteroatoms. The predicted octanol–water partition coefficient (Wildman–Crippen LogP) is 6.82. The molecule has 1 aliphatic heterocycles. The molecule has 3 aromatic heterocycles. The molecule has 55 heavy (non-hydrogen) atoms. The van der Waals surface area contributed by atoms with Gasteiger partial charge in [-0.2, -0.15) is 10.1 Å². The Morgan fingerprint density at radius 2 is 1.69 bits per heavy atom. The van der Waals surface area contributed by atoms with Crippen LogP contribution in [0, 0.1) is 11.6 Å². The van der Waals surface area contributed by atoms with Crippen LogP contribution in [0.2, 0.25) is 0 Å². The van der Waals surface area contributed by atoms with Crippen LogP contribution in [0.4, 0.5) is 32.1 Å². The van der Waals surface area contributed by atoms with Crippen molar-refractivity contribution >= 4 is 33.1 Å². The first-order valence-corrected chi connectivity index (χ1v) is 20.4. The lowest BCUT2D eigenvalue weighted by molar-refractivity contribution is -0.0410. The number of aryl methyl sites for hydroxylation is 1. The average molecular weight is 775 g/mol. The number of aliphatic hydroxyl groups is 1. The molecule has 0 amide bonds. The molecule has 0 radical (unpaired) electrons. The van der Waals surface area contributed by atoms with Crippen LogP contribution >= 0.6 is 0 Å². The molecule has 1 atom stereocenters. The zero-order valence-corrected chi connectivity index (χ0v) is 32.1. The van der Waals surface area contributed by atoms with Crippen LogP contribution in [-0.4, -0.2) is 69.8 Å². The molecule has 0 bridgehead atoms. The number of imidazole rings is 1. The van der Waals surface area contributed by atoms with E-state index in [4.69, 9.17) is 29.5 Å². The van der Waals surface area contributed by atoms with Crippen molar-refractivity contribution in [2.45, 2.75) is 81.1 Å². The summed E-state index contributed by atoms with van der Waals surface area (Å²) >= 11 is 0. The Morgan fingerprint density at radius 3 is 2.27 bits per heavy atom. The first-order chi connectivity index (χ1) is 26.4. The first kappa shape index (κ1) is 37.0. The van der Waals surface area contributed by atoms with Crippen LogP contribution in [0.5, 0.6) is 5.75 Å². The lowest BCUT2D eigenvalue weighted by Crippen LogP contribution is -2.25. The summed E-state index contributed by atoms with van der Waals surface area (Å²) < 4.78 is 71.5. The summed E-state index contributed by atoms with van der Waals surface area (Å²) in [6.45, 7) is 0.678. The molecule has 290 valence electrons. The Kier molecular flexibility index (Phi) is 9.84. The van der Waals surface area contributed by atoms with Gasteiger partial charge in [0.2, 0.25) is 5.95 Å². The third-order valence-electron chi connectivity index (χ3n) is 10.5. The average Bonchev–Trinajstić information content (AvgIpc) is 4.12. The van der Waals surface area contributed by atoms with Crippen LogP contribution in [0.3, 0.4) is 0 Å². The molecule has 2 aromatic carbocycles.